The zero-order chi connectivity index (χ0) is 19.3. The van der Waals surface area contributed by atoms with E-state index in [9.17, 15) is 0 Å². The lowest BCUT2D eigenvalue weighted by Crippen LogP contribution is -2.48. The lowest BCUT2D eigenvalue weighted by Gasteiger charge is -2.38. The van der Waals surface area contributed by atoms with E-state index in [1.165, 1.54) is 5.56 Å². The molecule has 1 saturated heterocycles. The number of rotatable bonds is 5. The minimum Gasteiger partial charge on any atom is -0.444 e. The number of ether oxygens (including phenoxy) is 1. The van der Waals surface area contributed by atoms with Crippen LogP contribution < -0.4 is 10.6 Å². The van der Waals surface area contributed by atoms with Gasteiger partial charge in [0.25, 0.3) is 0 Å². The Bertz CT molecular complexity index is 784. The number of nitrogens with one attached hydrogen (secondary N) is 2. The Balaban J connectivity index is 0.00000280. The highest BCUT2D eigenvalue weighted by molar-refractivity contribution is 14.0. The highest BCUT2D eigenvalue weighted by Crippen LogP contribution is 2.35. The standard InChI is InChI=1S/C20H27ClN4O2.HI/c1-14-15(2)27-18(25-14)12-23-19(22-3)24-13-20(7-9-26-10-8-20)16-5-4-6-17(21)11-16;/h4-6,11H,7-10,12-13H2,1-3H3,(H2,22,23,24);1H. The van der Waals surface area contributed by atoms with Crippen LogP contribution in [0.1, 0.15) is 35.7 Å². The Hall–Kier alpha value is -1.32. The molecule has 0 spiro atoms. The second-order valence-electron chi connectivity index (χ2n) is 6.93. The molecule has 6 nitrogen and oxygen atoms in total. The van der Waals surface area contributed by atoms with Crippen LogP contribution in [-0.4, -0.2) is 37.7 Å². The Morgan fingerprint density at radius 1 is 1.25 bits per heavy atom. The van der Waals surface area contributed by atoms with Crippen LogP contribution in [0.2, 0.25) is 5.02 Å². The van der Waals surface area contributed by atoms with Gasteiger partial charge in [0.15, 0.2) is 5.96 Å². The van der Waals surface area contributed by atoms with Gasteiger partial charge in [0.05, 0.1) is 12.2 Å². The van der Waals surface area contributed by atoms with Crippen LogP contribution in [0.15, 0.2) is 33.7 Å². The molecule has 1 fully saturated rings. The van der Waals surface area contributed by atoms with Crippen molar-refractivity contribution in [2.24, 2.45) is 4.99 Å². The van der Waals surface area contributed by atoms with Gasteiger partial charge in [-0.25, -0.2) is 4.98 Å². The summed E-state index contributed by atoms with van der Waals surface area (Å²) in [6.45, 7) is 6.58. The second kappa shape index (κ2) is 10.5. The molecule has 3 rings (SSSR count). The van der Waals surface area contributed by atoms with Gasteiger partial charge in [-0.1, -0.05) is 23.7 Å². The molecule has 0 unspecified atom stereocenters. The molecule has 154 valence electrons. The summed E-state index contributed by atoms with van der Waals surface area (Å²) < 4.78 is 11.2. The first-order valence-electron chi connectivity index (χ1n) is 9.24. The third-order valence-corrected chi connectivity index (χ3v) is 5.42. The number of halogens is 2. The number of aliphatic imine (C=N–C) groups is 1. The Labute approximate surface area is 188 Å². The molecule has 1 aliphatic rings. The lowest BCUT2D eigenvalue weighted by molar-refractivity contribution is 0.0514. The molecule has 8 heteroatoms. The summed E-state index contributed by atoms with van der Waals surface area (Å²) in [5.74, 6) is 2.22. The first-order valence-corrected chi connectivity index (χ1v) is 9.61. The maximum atomic E-state index is 6.24. The van der Waals surface area contributed by atoms with Crippen molar-refractivity contribution >= 4 is 41.5 Å². The van der Waals surface area contributed by atoms with Gasteiger partial charge in [-0.2, -0.15) is 0 Å². The van der Waals surface area contributed by atoms with Gasteiger partial charge >= 0.3 is 0 Å². The van der Waals surface area contributed by atoms with Crippen molar-refractivity contribution in [2.45, 2.75) is 38.6 Å². The quantitative estimate of drug-likeness (QED) is 0.356. The minimum absolute atomic E-state index is 0. The predicted molar refractivity (Wildman–Crippen MR) is 123 cm³/mol. The monoisotopic (exact) mass is 518 g/mol. The fourth-order valence-electron chi connectivity index (χ4n) is 3.40. The van der Waals surface area contributed by atoms with Crippen molar-refractivity contribution in [3.63, 3.8) is 0 Å². The summed E-state index contributed by atoms with van der Waals surface area (Å²) in [6.07, 6.45) is 1.88. The van der Waals surface area contributed by atoms with Gasteiger partial charge in [-0.05, 0) is 44.4 Å². The van der Waals surface area contributed by atoms with E-state index >= 15 is 0 Å². The molecule has 0 atom stereocenters. The van der Waals surface area contributed by atoms with Crippen molar-refractivity contribution < 1.29 is 9.15 Å². The van der Waals surface area contributed by atoms with E-state index in [1.807, 2.05) is 26.0 Å². The van der Waals surface area contributed by atoms with Crippen LogP contribution in [0, 0.1) is 13.8 Å². The Morgan fingerprint density at radius 2 is 2.00 bits per heavy atom. The third-order valence-electron chi connectivity index (χ3n) is 5.18. The van der Waals surface area contributed by atoms with Crippen molar-refractivity contribution in [3.05, 3.63) is 52.2 Å². The van der Waals surface area contributed by atoms with Crippen LogP contribution in [0.4, 0.5) is 0 Å². The first-order chi connectivity index (χ1) is 13.0. The molecular weight excluding hydrogens is 491 g/mol. The van der Waals surface area contributed by atoms with E-state index in [2.05, 4.69) is 32.7 Å². The third kappa shape index (κ3) is 5.61. The molecule has 28 heavy (non-hydrogen) atoms. The van der Waals surface area contributed by atoms with Gasteiger partial charge in [0.1, 0.15) is 5.76 Å². The number of oxazole rings is 1. The molecule has 2 N–H and O–H groups in total. The van der Waals surface area contributed by atoms with E-state index < -0.39 is 0 Å². The van der Waals surface area contributed by atoms with Gasteiger partial charge in [0, 0.05) is 37.2 Å². The molecular formula is C20H28ClIN4O2. The summed E-state index contributed by atoms with van der Waals surface area (Å²) >= 11 is 6.24. The topological polar surface area (TPSA) is 71.7 Å². The minimum atomic E-state index is -0.0309. The van der Waals surface area contributed by atoms with Crippen molar-refractivity contribution in [1.82, 2.24) is 15.6 Å². The normalized spacial score (nSPS) is 16.4. The number of hydrogen-bond donors (Lipinski definition) is 2. The second-order valence-corrected chi connectivity index (χ2v) is 7.37. The summed E-state index contributed by atoms with van der Waals surface area (Å²) in [6, 6.07) is 8.12. The molecule has 1 aromatic heterocycles. The summed E-state index contributed by atoms with van der Waals surface area (Å²) in [5.41, 5.74) is 2.12. The summed E-state index contributed by atoms with van der Waals surface area (Å²) in [5, 5.41) is 7.49. The molecule has 2 aromatic rings. The average molecular weight is 519 g/mol. The van der Waals surface area contributed by atoms with E-state index in [0.29, 0.717) is 12.4 Å². The van der Waals surface area contributed by atoms with E-state index in [-0.39, 0.29) is 29.4 Å². The molecule has 1 aliphatic heterocycles. The van der Waals surface area contributed by atoms with Crippen LogP contribution in [0.25, 0.3) is 0 Å². The highest BCUT2D eigenvalue weighted by atomic mass is 127. The van der Waals surface area contributed by atoms with Gasteiger partial charge < -0.3 is 19.8 Å². The summed E-state index contributed by atoms with van der Waals surface area (Å²) in [7, 11) is 1.76. The number of guanidine groups is 1. The summed E-state index contributed by atoms with van der Waals surface area (Å²) in [4.78, 5) is 8.72. The molecule has 0 amide bonds. The number of benzene rings is 1. The van der Waals surface area contributed by atoms with Crippen LogP contribution in [-0.2, 0) is 16.7 Å². The number of aromatic nitrogens is 1. The molecule has 0 aliphatic carbocycles. The maximum absolute atomic E-state index is 6.24. The largest absolute Gasteiger partial charge is 0.444 e. The van der Waals surface area contributed by atoms with Gasteiger partial charge in [0.2, 0.25) is 5.89 Å². The number of hydrogen-bond acceptors (Lipinski definition) is 4. The van der Waals surface area contributed by atoms with Crippen LogP contribution >= 0.6 is 35.6 Å². The molecule has 2 heterocycles. The number of aryl methyl sites for hydroxylation is 2. The number of nitrogens with zero attached hydrogens (tertiary/aromatic N) is 2. The molecule has 0 radical (unpaired) electrons. The fraction of sp³-hybridized carbons (Fsp3) is 0.500. The molecule has 1 aromatic carbocycles. The Morgan fingerprint density at radius 3 is 2.61 bits per heavy atom. The smallest absolute Gasteiger partial charge is 0.214 e. The molecule has 0 saturated carbocycles. The zero-order valence-corrected chi connectivity index (χ0v) is 19.6. The molecule has 0 bridgehead atoms. The highest BCUT2D eigenvalue weighted by Gasteiger charge is 2.34. The van der Waals surface area contributed by atoms with Crippen molar-refractivity contribution in [1.29, 1.82) is 0 Å². The van der Waals surface area contributed by atoms with Crippen LogP contribution in [0.5, 0.6) is 0 Å². The van der Waals surface area contributed by atoms with Crippen molar-refractivity contribution in [2.75, 3.05) is 26.8 Å². The Kier molecular flexibility index (Phi) is 8.57. The van der Waals surface area contributed by atoms with Gasteiger partial charge in [-0.3, -0.25) is 4.99 Å². The van der Waals surface area contributed by atoms with E-state index in [1.54, 1.807) is 7.05 Å². The van der Waals surface area contributed by atoms with E-state index in [4.69, 9.17) is 20.8 Å². The average Bonchev–Trinajstić information content (AvgIpc) is 3.00. The van der Waals surface area contributed by atoms with Crippen molar-refractivity contribution in [3.8, 4) is 0 Å². The van der Waals surface area contributed by atoms with E-state index in [0.717, 1.165) is 55.0 Å². The first kappa shape index (κ1) is 23.0. The maximum Gasteiger partial charge on any atom is 0.214 e. The van der Waals surface area contributed by atoms with Crippen LogP contribution in [0.3, 0.4) is 0 Å². The lowest BCUT2D eigenvalue weighted by atomic mass is 9.74. The SMILES string of the molecule is CN=C(NCc1nc(C)c(C)o1)NCC1(c2cccc(Cl)c2)CCOCC1.I. The predicted octanol–water partition coefficient (Wildman–Crippen LogP) is 3.98. The fourth-order valence-corrected chi connectivity index (χ4v) is 3.59. The zero-order valence-electron chi connectivity index (χ0n) is 16.5. The van der Waals surface area contributed by atoms with Gasteiger partial charge in [-0.15, -0.1) is 24.0 Å².